The first-order chi connectivity index (χ1) is 9.60. The zero-order valence-corrected chi connectivity index (χ0v) is 11.4. The number of nitrogens with zero attached hydrogens (tertiary/aromatic N) is 1. The summed E-state index contributed by atoms with van der Waals surface area (Å²) in [5, 5.41) is 11.2. The Morgan fingerprint density at radius 2 is 1.95 bits per heavy atom. The van der Waals surface area contributed by atoms with E-state index in [1.807, 2.05) is 0 Å². The van der Waals surface area contributed by atoms with Gasteiger partial charge in [0.2, 0.25) is 0 Å². The number of thiophene rings is 1. The topological polar surface area (TPSA) is 69.4 Å². The van der Waals surface area contributed by atoms with E-state index in [4.69, 9.17) is 4.74 Å². The van der Waals surface area contributed by atoms with E-state index in [1.165, 1.54) is 29.5 Å². The molecule has 0 bridgehead atoms. The molecule has 0 fully saturated rings. The van der Waals surface area contributed by atoms with Crippen LogP contribution in [0.3, 0.4) is 0 Å². The van der Waals surface area contributed by atoms with Crippen LogP contribution in [-0.4, -0.2) is 17.8 Å². The molecule has 0 saturated heterocycles. The third-order valence-electron chi connectivity index (χ3n) is 2.56. The second-order valence-electron chi connectivity index (χ2n) is 3.87. The Bertz CT molecular complexity index is 658. The van der Waals surface area contributed by atoms with Crippen LogP contribution in [0.15, 0.2) is 42.5 Å². The van der Waals surface area contributed by atoms with Crippen LogP contribution in [0.25, 0.3) is 6.08 Å². The van der Waals surface area contributed by atoms with Gasteiger partial charge in [-0.2, -0.15) is 0 Å². The molecule has 2 aromatic rings. The van der Waals surface area contributed by atoms with Crippen molar-refractivity contribution >= 4 is 28.9 Å². The number of carbonyl (C=O) groups excluding carboxylic acids is 1. The Balaban J connectivity index is 2.08. The molecule has 0 aliphatic rings. The molecule has 1 aromatic carbocycles. The lowest BCUT2D eigenvalue weighted by Crippen LogP contribution is -1.89. The minimum Gasteiger partial charge on any atom is -0.487 e. The smallest absolute Gasteiger partial charge is 0.269 e. The van der Waals surface area contributed by atoms with Crippen LogP contribution in [0.2, 0.25) is 0 Å². The van der Waals surface area contributed by atoms with Crippen molar-refractivity contribution in [1.82, 2.24) is 0 Å². The average Bonchev–Trinajstić information content (AvgIpc) is 2.94. The maximum absolute atomic E-state index is 11.9. The summed E-state index contributed by atoms with van der Waals surface area (Å²) in [6.45, 7) is 0. The van der Waals surface area contributed by atoms with E-state index in [9.17, 15) is 14.9 Å². The predicted octanol–water partition coefficient (Wildman–Crippen LogP) is 3.56. The number of non-ortho nitro benzene ring substituents is 1. The summed E-state index contributed by atoms with van der Waals surface area (Å²) in [5.41, 5.74) is 0.754. The van der Waals surface area contributed by atoms with Crippen LogP contribution < -0.4 is 4.74 Å². The van der Waals surface area contributed by atoms with Gasteiger partial charge in [0.1, 0.15) is 0 Å². The highest BCUT2D eigenvalue weighted by atomic mass is 32.1. The normalized spacial score (nSPS) is 10.7. The average molecular weight is 289 g/mol. The fourth-order valence-electron chi connectivity index (χ4n) is 1.52. The minimum atomic E-state index is -0.462. The van der Waals surface area contributed by atoms with Crippen molar-refractivity contribution in [2.24, 2.45) is 0 Å². The number of ether oxygens (including phenoxy) is 1. The van der Waals surface area contributed by atoms with Crippen molar-refractivity contribution in [1.29, 1.82) is 0 Å². The predicted molar refractivity (Wildman–Crippen MR) is 77.3 cm³/mol. The van der Waals surface area contributed by atoms with Crippen LogP contribution in [0.4, 0.5) is 5.69 Å². The summed E-state index contributed by atoms with van der Waals surface area (Å²) >= 11 is 1.27. The molecule has 6 heteroatoms. The maximum atomic E-state index is 11.9. The van der Waals surface area contributed by atoms with Crippen molar-refractivity contribution in [2.45, 2.75) is 0 Å². The maximum Gasteiger partial charge on any atom is 0.269 e. The highest BCUT2D eigenvalue weighted by molar-refractivity contribution is 7.15. The Hall–Kier alpha value is -2.47. The van der Waals surface area contributed by atoms with Gasteiger partial charge in [-0.15, -0.1) is 0 Å². The number of nitro groups is 1. The van der Waals surface area contributed by atoms with Gasteiger partial charge in [0.25, 0.3) is 5.69 Å². The van der Waals surface area contributed by atoms with Gasteiger partial charge in [0.05, 0.1) is 16.9 Å². The number of allylic oxidation sites excluding steroid dienone is 1. The Kier molecular flexibility index (Phi) is 4.27. The monoisotopic (exact) mass is 289 g/mol. The molecule has 0 radical (unpaired) electrons. The van der Waals surface area contributed by atoms with Gasteiger partial charge in [0.15, 0.2) is 10.8 Å². The van der Waals surface area contributed by atoms with Crippen molar-refractivity contribution < 1.29 is 14.5 Å². The molecule has 1 heterocycles. The minimum absolute atomic E-state index is 0.0245. The lowest BCUT2D eigenvalue weighted by atomic mass is 10.1. The first-order valence-corrected chi connectivity index (χ1v) is 6.52. The first kappa shape index (κ1) is 14.0. The van der Waals surface area contributed by atoms with E-state index < -0.39 is 4.92 Å². The fraction of sp³-hybridized carbons (Fsp3) is 0.0714. The molecule has 0 amide bonds. The molecule has 0 aliphatic heterocycles. The summed E-state index contributed by atoms with van der Waals surface area (Å²) in [5.74, 6) is -0.128. The summed E-state index contributed by atoms with van der Waals surface area (Å²) in [7, 11) is 1.55. The van der Waals surface area contributed by atoms with Gasteiger partial charge in [-0.05, 0) is 35.9 Å². The molecule has 102 valence electrons. The third-order valence-corrected chi connectivity index (χ3v) is 3.62. The summed E-state index contributed by atoms with van der Waals surface area (Å²) in [6, 6.07) is 9.42. The number of benzene rings is 1. The number of methoxy groups -OCH3 is 1. The summed E-state index contributed by atoms with van der Waals surface area (Å²) in [6.07, 6.45) is 3.06. The molecule has 0 atom stereocenters. The van der Waals surface area contributed by atoms with Gasteiger partial charge in [-0.1, -0.05) is 17.4 Å². The molecule has 5 nitrogen and oxygen atoms in total. The zero-order chi connectivity index (χ0) is 14.5. The first-order valence-electron chi connectivity index (χ1n) is 5.71. The molecule has 20 heavy (non-hydrogen) atoms. The molecule has 0 unspecified atom stereocenters. The number of hydrogen-bond donors (Lipinski definition) is 0. The van der Waals surface area contributed by atoms with Crippen molar-refractivity contribution in [3.63, 3.8) is 0 Å². The van der Waals surface area contributed by atoms with Gasteiger partial charge in [0, 0.05) is 12.1 Å². The van der Waals surface area contributed by atoms with E-state index in [0.717, 1.165) is 5.56 Å². The van der Waals surface area contributed by atoms with E-state index in [-0.39, 0.29) is 11.5 Å². The van der Waals surface area contributed by atoms with Crippen LogP contribution in [0.1, 0.15) is 15.2 Å². The van der Waals surface area contributed by atoms with Gasteiger partial charge in [-0.3, -0.25) is 14.9 Å². The van der Waals surface area contributed by atoms with Crippen molar-refractivity contribution in [2.75, 3.05) is 7.11 Å². The Morgan fingerprint density at radius 3 is 2.50 bits per heavy atom. The van der Waals surface area contributed by atoms with Crippen LogP contribution in [0, 0.1) is 10.1 Å². The summed E-state index contributed by atoms with van der Waals surface area (Å²) in [4.78, 5) is 22.5. The largest absolute Gasteiger partial charge is 0.487 e. The number of ketones is 1. The second kappa shape index (κ2) is 6.12. The van der Waals surface area contributed by atoms with Crippen LogP contribution in [0.5, 0.6) is 5.06 Å². The molecule has 0 aliphatic carbocycles. The molecule has 0 saturated carbocycles. The SMILES string of the molecule is COc1ccc(C(=O)/C=C\c2ccc([N+](=O)[O-])cc2)s1. The third kappa shape index (κ3) is 3.30. The van der Waals surface area contributed by atoms with E-state index in [2.05, 4.69) is 0 Å². The van der Waals surface area contributed by atoms with Gasteiger partial charge in [-0.25, -0.2) is 0 Å². The fourth-order valence-corrected chi connectivity index (χ4v) is 2.26. The van der Waals surface area contributed by atoms with Gasteiger partial charge < -0.3 is 4.74 Å². The molecule has 2 rings (SSSR count). The molecule has 0 N–H and O–H groups in total. The lowest BCUT2D eigenvalue weighted by molar-refractivity contribution is -0.384. The number of hydrogen-bond acceptors (Lipinski definition) is 5. The van der Waals surface area contributed by atoms with Crippen LogP contribution >= 0.6 is 11.3 Å². The highest BCUT2D eigenvalue weighted by Crippen LogP contribution is 2.24. The summed E-state index contributed by atoms with van der Waals surface area (Å²) < 4.78 is 5.02. The zero-order valence-electron chi connectivity index (χ0n) is 10.6. The van der Waals surface area contributed by atoms with E-state index >= 15 is 0 Å². The molecular weight excluding hydrogens is 278 g/mol. The second-order valence-corrected chi connectivity index (χ2v) is 4.92. The highest BCUT2D eigenvalue weighted by Gasteiger charge is 2.06. The van der Waals surface area contributed by atoms with Crippen molar-refractivity contribution in [3.8, 4) is 5.06 Å². The number of nitro benzene ring substituents is 1. The number of carbonyl (C=O) groups is 1. The number of rotatable bonds is 5. The molecular formula is C14H11NO4S. The van der Waals surface area contributed by atoms with Gasteiger partial charge >= 0.3 is 0 Å². The van der Waals surface area contributed by atoms with Crippen molar-refractivity contribution in [3.05, 3.63) is 63.0 Å². The Labute approximate surface area is 119 Å². The molecule has 1 aromatic heterocycles. The molecule has 0 spiro atoms. The van der Waals surface area contributed by atoms with E-state index in [0.29, 0.717) is 9.94 Å². The van der Waals surface area contributed by atoms with E-state index in [1.54, 1.807) is 37.5 Å². The lowest BCUT2D eigenvalue weighted by Gasteiger charge is -1.94. The Morgan fingerprint density at radius 1 is 1.25 bits per heavy atom. The van der Waals surface area contributed by atoms with Crippen LogP contribution in [-0.2, 0) is 0 Å². The standard InChI is InChI=1S/C14H11NO4S/c1-19-14-9-8-13(20-14)12(16)7-4-10-2-5-11(6-3-10)15(17)18/h2-9H,1H3/b7-4-. The quantitative estimate of drug-likeness (QED) is 0.365.